The van der Waals surface area contributed by atoms with Crippen LogP contribution in [-0.4, -0.2) is 44.8 Å². The van der Waals surface area contributed by atoms with Crippen molar-refractivity contribution in [2.45, 2.75) is 51.4 Å². The predicted molar refractivity (Wildman–Crippen MR) is 146 cm³/mol. The van der Waals surface area contributed by atoms with Crippen LogP contribution >= 0.6 is 11.6 Å². The average molecular weight is 622 g/mol. The summed E-state index contributed by atoms with van der Waals surface area (Å²) < 4.78 is 82.7. The van der Waals surface area contributed by atoms with Crippen LogP contribution in [0.2, 0.25) is 5.02 Å². The lowest BCUT2D eigenvalue weighted by atomic mass is 9.96. The maximum Gasteiger partial charge on any atom is 0.419 e. The lowest BCUT2D eigenvalue weighted by molar-refractivity contribution is -0.139. The molecule has 0 unspecified atom stereocenters. The molecule has 2 aliphatic rings. The van der Waals surface area contributed by atoms with Gasteiger partial charge in [-0.3, -0.25) is 4.90 Å². The van der Waals surface area contributed by atoms with Gasteiger partial charge in [-0.05, 0) is 72.0 Å². The summed E-state index contributed by atoms with van der Waals surface area (Å²) in [6.07, 6.45) is -3.51. The van der Waals surface area contributed by atoms with Crippen LogP contribution in [0.3, 0.4) is 0 Å². The number of carbonyl (C=O) groups is 1. The average Bonchev–Trinajstić information content (AvgIpc) is 3.27. The standard InChI is InChI=1S/C30H25ClF5N3O4/c31-28-22(32)7-16(8-23(28)33)15-43-26-11-19-12-38(5-3-17(19)9-21(26)30(34,35)36)14-27-37-24-2-1-18(29(40)41)10-25(24)39(27)13-20-4-6-42-20/h1-2,7-11,20H,3-6,12-15H2,(H,40,41)/t20-/m0/s1. The number of aromatic carboxylic acids is 1. The number of halogens is 6. The van der Waals surface area contributed by atoms with Crippen molar-refractivity contribution in [1.82, 2.24) is 14.5 Å². The van der Waals surface area contributed by atoms with E-state index in [1.54, 1.807) is 12.1 Å². The van der Waals surface area contributed by atoms with Crippen LogP contribution in [0.25, 0.3) is 11.0 Å². The van der Waals surface area contributed by atoms with Crippen molar-refractivity contribution >= 4 is 28.6 Å². The summed E-state index contributed by atoms with van der Waals surface area (Å²) in [6, 6.07) is 8.97. The van der Waals surface area contributed by atoms with Gasteiger partial charge in [0.1, 0.15) is 34.8 Å². The Labute approximate surface area is 247 Å². The van der Waals surface area contributed by atoms with Crippen molar-refractivity contribution in [3.05, 3.63) is 92.8 Å². The second-order valence-corrected chi connectivity index (χ2v) is 11.0. The summed E-state index contributed by atoms with van der Waals surface area (Å²) in [5.74, 6) is -2.88. The molecule has 0 radical (unpaired) electrons. The fourth-order valence-electron chi connectivity index (χ4n) is 5.44. The maximum atomic E-state index is 14.0. The van der Waals surface area contributed by atoms with Crippen LogP contribution in [0.15, 0.2) is 42.5 Å². The van der Waals surface area contributed by atoms with Crippen LogP contribution in [0, 0.1) is 11.6 Å². The van der Waals surface area contributed by atoms with Gasteiger partial charge in [0.25, 0.3) is 0 Å². The summed E-state index contributed by atoms with van der Waals surface area (Å²) in [5, 5.41) is 8.78. The molecule has 2 aliphatic heterocycles. The number of carboxylic acids is 1. The first-order valence-corrected chi connectivity index (χ1v) is 13.9. The predicted octanol–water partition coefficient (Wildman–Crippen LogP) is 6.61. The van der Waals surface area contributed by atoms with Crippen LogP contribution in [0.5, 0.6) is 5.75 Å². The number of fused-ring (bicyclic) bond motifs is 2. The van der Waals surface area contributed by atoms with Gasteiger partial charge in [0.15, 0.2) is 0 Å². The molecule has 1 N–H and O–H groups in total. The minimum Gasteiger partial charge on any atom is -0.488 e. The van der Waals surface area contributed by atoms with Gasteiger partial charge in [0.2, 0.25) is 0 Å². The number of rotatable bonds is 8. The Bertz CT molecular complexity index is 1700. The third-order valence-electron chi connectivity index (χ3n) is 7.76. The number of ether oxygens (including phenoxy) is 2. The third-order valence-corrected chi connectivity index (χ3v) is 8.12. The molecule has 0 amide bonds. The molecule has 4 aromatic rings. The number of aromatic nitrogens is 2. The van der Waals surface area contributed by atoms with E-state index in [9.17, 15) is 31.9 Å². The second-order valence-electron chi connectivity index (χ2n) is 10.7. The van der Waals surface area contributed by atoms with Crippen molar-refractivity contribution in [2.24, 2.45) is 0 Å². The Hall–Kier alpha value is -3.74. The first-order valence-electron chi connectivity index (χ1n) is 13.5. The molecule has 1 atom stereocenters. The fourth-order valence-corrected chi connectivity index (χ4v) is 5.54. The number of nitrogens with zero attached hydrogens (tertiary/aromatic N) is 3. The highest BCUT2D eigenvalue weighted by atomic mass is 35.5. The van der Waals surface area contributed by atoms with Crippen molar-refractivity contribution < 1.29 is 41.3 Å². The highest BCUT2D eigenvalue weighted by molar-refractivity contribution is 6.30. The van der Waals surface area contributed by atoms with E-state index in [1.807, 2.05) is 9.47 Å². The molecule has 0 aliphatic carbocycles. The molecule has 13 heteroatoms. The van der Waals surface area contributed by atoms with Gasteiger partial charge in [0, 0.05) is 19.7 Å². The Kier molecular flexibility index (Phi) is 7.78. The van der Waals surface area contributed by atoms with Gasteiger partial charge < -0.3 is 19.1 Å². The van der Waals surface area contributed by atoms with Gasteiger partial charge in [-0.2, -0.15) is 13.2 Å². The highest BCUT2D eigenvalue weighted by Crippen LogP contribution is 2.40. The van der Waals surface area contributed by atoms with Gasteiger partial charge >= 0.3 is 12.1 Å². The summed E-state index contributed by atoms with van der Waals surface area (Å²) >= 11 is 5.51. The van der Waals surface area contributed by atoms with E-state index in [0.717, 1.165) is 24.6 Å². The number of carboxylic acid groups (broad SMARTS) is 1. The van der Waals surface area contributed by atoms with E-state index in [-0.39, 0.29) is 17.2 Å². The SMILES string of the molecule is O=C(O)c1ccc2nc(CN3CCc4cc(C(F)(F)F)c(OCc5cc(F)c(Cl)c(F)c5)cc4C3)n(C[C@@H]3CCO3)c2c1. The molecule has 3 heterocycles. The van der Waals surface area contributed by atoms with Crippen LogP contribution in [0.1, 0.15) is 44.9 Å². The number of imidazole rings is 1. The number of hydrogen-bond donors (Lipinski definition) is 1. The van der Waals surface area contributed by atoms with E-state index >= 15 is 0 Å². The van der Waals surface area contributed by atoms with E-state index in [1.165, 1.54) is 12.1 Å². The van der Waals surface area contributed by atoms with E-state index in [0.29, 0.717) is 67.2 Å². The van der Waals surface area contributed by atoms with Crippen molar-refractivity contribution in [2.75, 3.05) is 13.2 Å². The third kappa shape index (κ3) is 6.04. The minimum atomic E-state index is -4.71. The lowest BCUT2D eigenvalue weighted by Gasteiger charge is -2.31. The van der Waals surface area contributed by atoms with Crippen molar-refractivity contribution in [3.63, 3.8) is 0 Å². The van der Waals surface area contributed by atoms with Gasteiger partial charge in [-0.15, -0.1) is 0 Å². The number of benzene rings is 3. The quantitative estimate of drug-likeness (QED) is 0.176. The molecular weight excluding hydrogens is 597 g/mol. The Morgan fingerprint density at radius 1 is 1.12 bits per heavy atom. The van der Waals surface area contributed by atoms with E-state index < -0.39 is 46.7 Å². The molecule has 0 bridgehead atoms. The summed E-state index contributed by atoms with van der Waals surface area (Å²) in [6.45, 7) is 1.79. The smallest absolute Gasteiger partial charge is 0.419 e. The molecule has 6 rings (SSSR count). The Morgan fingerprint density at radius 2 is 1.86 bits per heavy atom. The maximum absolute atomic E-state index is 14.0. The summed E-state index contributed by atoms with van der Waals surface area (Å²) in [4.78, 5) is 18.4. The van der Waals surface area contributed by atoms with Gasteiger partial charge in [-0.25, -0.2) is 18.6 Å². The zero-order chi connectivity index (χ0) is 30.5. The lowest BCUT2D eigenvalue weighted by Crippen LogP contribution is -2.34. The fraction of sp³-hybridized carbons (Fsp3) is 0.333. The Morgan fingerprint density at radius 3 is 2.51 bits per heavy atom. The molecule has 1 fully saturated rings. The topological polar surface area (TPSA) is 76.8 Å². The van der Waals surface area contributed by atoms with Crippen molar-refractivity contribution in [3.8, 4) is 5.75 Å². The number of alkyl halides is 3. The van der Waals surface area contributed by atoms with Crippen LogP contribution in [-0.2, 0) is 43.6 Å². The molecule has 1 saturated heterocycles. The van der Waals surface area contributed by atoms with Gasteiger partial charge in [0.05, 0.1) is 41.4 Å². The minimum absolute atomic E-state index is 0.00716. The molecule has 3 aromatic carbocycles. The van der Waals surface area contributed by atoms with Crippen LogP contribution in [0.4, 0.5) is 22.0 Å². The van der Waals surface area contributed by atoms with Crippen LogP contribution < -0.4 is 4.74 Å². The molecule has 226 valence electrons. The first kappa shape index (κ1) is 29.3. The first-order chi connectivity index (χ1) is 20.5. The van der Waals surface area contributed by atoms with E-state index in [4.69, 9.17) is 26.1 Å². The molecule has 1 aromatic heterocycles. The van der Waals surface area contributed by atoms with Gasteiger partial charge in [-0.1, -0.05) is 11.6 Å². The normalized spacial score (nSPS) is 17.1. The second kappa shape index (κ2) is 11.4. The summed E-state index contributed by atoms with van der Waals surface area (Å²) in [7, 11) is 0. The molecular formula is C30H25ClF5N3O4. The monoisotopic (exact) mass is 621 g/mol. The number of hydrogen-bond acceptors (Lipinski definition) is 5. The molecule has 0 spiro atoms. The highest BCUT2D eigenvalue weighted by Gasteiger charge is 2.36. The zero-order valence-electron chi connectivity index (χ0n) is 22.6. The molecule has 7 nitrogen and oxygen atoms in total. The van der Waals surface area contributed by atoms with Crippen molar-refractivity contribution in [1.29, 1.82) is 0 Å². The molecule has 0 saturated carbocycles. The zero-order valence-corrected chi connectivity index (χ0v) is 23.3. The summed E-state index contributed by atoms with van der Waals surface area (Å²) in [5.41, 5.74) is 1.63. The van der Waals surface area contributed by atoms with E-state index in [2.05, 4.69) is 0 Å². The molecule has 43 heavy (non-hydrogen) atoms. The Balaban J connectivity index is 1.27. The largest absolute Gasteiger partial charge is 0.488 e.